The van der Waals surface area contributed by atoms with Crippen molar-refractivity contribution in [3.05, 3.63) is 16.1 Å². The van der Waals surface area contributed by atoms with Crippen molar-refractivity contribution in [1.29, 1.82) is 0 Å². The standard InChI is InChI=1S/C15H24N4O2S/c1-12-17-13(11-22-12)10-18-4-6-19(7-5-18)15(20)16-9-14-3-2-8-21-14/h11,14H,2-10H2,1H3,(H,16,20)/t14-/m0/s1. The van der Waals surface area contributed by atoms with Crippen molar-refractivity contribution in [2.24, 2.45) is 0 Å². The van der Waals surface area contributed by atoms with Crippen molar-refractivity contribution in [3.8, 4) is 0 Å². The summed E-state index contributed by atoms with van der Waals surface area (Å²) < 4.78 is 5.53. The van der Waals surface area contributed by atoms with E-state index in [2.05, 4.69) is 20.6 Å². The maximum absolute atomic E-state index is 12.2. The molecule has 0 radical (unpaired) electrons. The van der Waals surface area contributed by atoms with E-state index in [1.165, 1.54) is 0 Å². The molecule has 2 fully saturated rings. The largest absolute Gasteiger partial charge is 0.376 e. The summed E-state index contributed by atoms with van der Waals surface area (Å²) >= 11 is 1.69. The van der Waals surface area contributed by atoms with Crippen molar-refractivity contribution in [2.45, 2.75) is 32.4 Å². The molecule has 2 amide bonds. The van der Waals surface area contributed by atoms with Gasteiger partial charge in [-0.1, -0.05) is 0 Å². The van der Waals surface area contributed by atoms with Gasteiger partial charge in [0, 0.05) is 51.3 Å². The van der Waals surface area contributed by atoms with Gasteiger partial charge in [-0.25, -0.2) is 9.78 Å². The maximum Gasteiger partial charge on any atom is 0.317 e. The molecule has 122 valence electrons. The van der Waals surface area contributed by atoms with Gasteiger partial charge < -0.3 is 15.0 Å². The highest BCUT2D eigenvalue weighted by Gasteiger charge is 2.23. The Hall–Kier alpha value is -1.18. The summed E-state index contributed by atoms with van der Waals surface area (Å²) in [6.45, 7) is 7.75. The zero-order chi connectivity index (χ0) is 15.4. The second-order valence-corrected chi connectivity index (χ2v) is 7.00. The van der Waals surface area contributed by atoms with Crippen molar-refractivity contribution >= 4 is 17.4 Å². The number of amides is 2. The van der Waals surface area contributed by atoms with E-state index in [1.54, 1.807) is 11.3 Å². The van der Waals surface area contributed by atoms with Crippen LogP contribution in [0.1, 0.15) is 23.5 Å². The average Bonchev–Trinajstić information content (AvgIpc) is 3.17. The lowest BCUT2D eigenvalue weighted by molar-refractivity contribution is 0.103. The number of piperazine rings is 1. The normalized spacial score (nSPS) is 23.0. The van der Waals surface area contributed by atoms with E-state index in [9.17, 15) is 4.79 Å². The average molecular weight is 324 g/mol. The second-order valence-electron chi connectivity index (χ2n) is 5.94. The van der Waals surface area contributed by atoms with Crippen molar-refractivity contribution in [3.63, 3.8) is 0 Å². The van der Waals surface area contributed by atoms with Crippen LogP contribution in [0.3, 0.4) is 0 Å². The fourth-order valence-corrected chi connectivity index (χ4v) is 3.54. The second kappa shape index (κ2) is 7.39. The van der Waals surface area contributed by atoms with Crippen LogP contribution in [-0.2, 0) is 11.3 Å². The minimum atomic E-state index is 0.0413. The molecule has 22 heavy (non-hydrogen) atoms. The highest BCUT2D eigenvalue weighted by molar-refractivity contribution is 7.09. The van der Waals surface area contributed by atoms with Gasteiger partial charge in [0.05, 0.1) is 16.8 Å². The molecule has 0 bridgehead atoms. The third-order valence-electron chi connectivity index (χ3n) is 4.22. The quantitative estimate of drug-likeness (QED) is 0.911. The highest BCUT2D eigenvalue weighted by Crippen LogP contribution is 2.13. The molecule has 0 saturated carbocycles. The van der Waals surface area contributed by atoms with Crippen LogP contribution in [0.5, 0.6) is 0 Å². The summed E-state index contributed by atoms with van der Waals surface area (Å²) in [6.07, 6.45) is 2.37. The van der Waals surface area contributed by atoms with Crippen LogP contribution < -0.4 is 5.32 Å². The van der Waals surface area contributed by atoms with Crippen molar-refractivity contribution in [1.82, 2.24) is 20.1 Å². The highest BCUT2D eigenvalue weighted by atomic mass is 32.1. The first kappa shape index (κ1) is 15.7. The number of aryl methyl sites for hydroxylation is 1. The van der Waals surface area contributed by atoms with Crippen molar-refractivity contribution in [2.75, 3.05) is 39.3 Å². The molecule has 0 aromatic carbocycles. The lowest BCUT2D eigenvalue weighted by Crippen LogP contribution is -2.52. The van der Waals surface area contributed by atoms with E-state index in [1.807, 2.05) is 11.8 Å². The molecule has 3 heterocycles. The molecule has 1 aromatic rings. The Morgan fingerprint density at radius 2 is 2.27 bits per heavy atom. The number of urea groups is 1. The van der Waals surface area contributed by atoms with Crippen LogP contribution in [0.15, 0.2) is 5.38 Å². The van der Waals surface area contributed by atoms with Gasteiger partial charge in [0.25, 0.3) is 0 Å². The monoisotopic (exact) mass is 324 g/mol. The Balaban J connectivity index is 1.38. The van der Waals surface area contributed by atoms with Gasteiger partial charge in [-0.15, -0.1) is 11.3 Å². The van der Waals surface area contributed by atoms with Crippen LogP contribution >= 0.6 is 11.3 Å². The third-order valence-corrected chi connectivity index (χ3v) is 5.04. The topological polar surface area (TPSA) is 57.7 Å². The number of nitrogens with zero attached hydrogens (tertiary/aromatic N) is 3. The number of thiazole rings is 1. The summed E-state index contributed by atoms with van der Waals surface area (Å²) in [7, 11) is 0. The van der Waals surface area contributed by atoms with Crippen LogP contribution in [0.4, 0.5) is 4.79 Å². The predicted octanol–water partition coefficient (Wildman–Crippen LogP) is 1.46. The molecule has 0 spiro atoms. The molecule has 0 aliphatic carbocycles. The molecular weight excluding hydrogens is 300 g/mol. The lowest BCUT2D eigenvalue weighted by atomic mass is 10.2. The molecule has 2 aliphatic heterocycles. The molecule has 6 nitrogen and oxygen atoms in total. The number of carbonyl (C=O) groups is 1. The lowest BCUT2D eigenvalue weighted by Gasteiger charge is -2.34. The smallest absolute Gasteiger partial charge is 0.317 e. The molecule has 2 aliphatic rings. The van der Waals surface area contributed by atoms with Gasteiger partial charge in [0.15, 0.2) is 0 Å². The predicted molar refractivity (Wildman–Crippen MR) is 86.1 cm³/mol. The minimum absolute atomic E-state index is 0.0413. The van der Waals surface area contributed by atoms with E-state index in [0.29, 0.717) is 6.54 Å². The number of aromatic nitrogens is 1. The Kier molecular flexibility index (Phi) is 5.28. The van der Waals surface area contributed by atoms with Crippen LogP contribution in [-0.4, -0.2) is 66.2 Å². The number of hydrogen-bond acceptors (Lipinski definition) is 5. The molecule has 1 atom stereocenters. The van der Waals surface area contributed by atoms with Gasteiger partial charge in [0.1, 0.15) is 0 Å². The molecule has 2 saturated heterocycles. The zero-order valence-corrected chi connectivity index (χ0v) is 13.9. The Labute approximate surface area is 135 Å². The summed E-state index contributed by atoms with van der Waals surface area (Å²) in [5, 5.41) is 6.23. The molecule has 3 rings (SSSR count). The number of carbonyl (C=O) groups excluding carboxylic acids is 1. The summed E-state index contributed by atoms with van der Waals surface area (Å²) in [5.74, 6) is 0. The summed E-state index contributed by atoms with van der Waals surface area (Å²) in [4.78, 5) is 20.9. The minimum Gasteiger partial charge on any atom is -0.376 e. The van der Waals surface area contributed by atoms with Gasteiger partial charge in [-0.2, -0.15) is 0 Å². The van der Waals surface area contributed by atoms with Gasteiger partial charge >= 0.3 is 6.03 Å². The number of ether oxygens (including phenoxy) is 1. The van der Waals surface area contributed by atoms with Gasteiger partial charge in [0.2, 0.25) is 0 Å². The SMILES string of the molecule is Cc1nc(CN2CCN(C(=O)NC[C@@H]3CCCO3)CC2)cs1. The van der Waals surface area contributed by atoms with E-state index >= 15 is 0 Å². The first-order chi connectivity index (χ1) is 10.7. The Morgan fingerprint density at radius 3 is 2.91 bits per heavy atom. The number of rotatable bonds is 4. The fraction of sp³-hybridized carbons (Fsp3) is 0.733. The van der Waals surface area contributed by atoms with E-state index in [-0.39, 0.29) is 12.1 Å². The van der Waals surface area contributed by atoms with Crippen LogP contribution in [0.25, 0.3) is 0 Å². The van der Waals surface area contributed by atoms with Gasteiger partial charge in [-0.05, 0) is 19.8 Å². The van der Waals surface area contributed by atoms with E-state index in [0.717, 1.165) is 62.9 Å². The van der Waals surface area contributed by atoms with Gasteiger partial charge in [-0.3, -0.25) is 4.90 Å². The number of nitrogens with one attached hydrogen (secondary N) is 1. The zero-order valence-electron chi connectivity index (χ0n) is 13.1. The summed E-state index contributed by atoms with van der Waals surface area (Å²) in [5.41, 5.74) is 1.14. The first-order valence-electron chi connectivity index (χ1n) is 7.98. The molecule has 0 unspecified atom stereocenters. The molecule has 1 N–H and O–H groups in total. The van der Waals surface area contributed by atoms with Crippen molar-refractivity contribution < 1.29 is 9.53 Å². The maximum atomic E-state index is 12.2. The van der Waals surface area contributed by atoms with E-state index < -0.39 is 0 Å². The molecule has 1 aromatic heterocycles. The van der Waals surface area contributed by atoms with Crippen LogP contribution in [0.2, 0.25) is 0 Å². The molecular formula is C15H24N4O2S. The third kappa shape index (κ3) is 4.18. The summed E-state index contributed by atoms with van der Waals surface area (Å²) in [6, 6.07) is 0.0413. The fourth-order valence-electron chi connectivity index (χ4n) is 2.94. The van der Waals surface area contributed by atoms with Crippen LogP contribution in [0, 0.1) is 6.92 Å². The Morgan fingerprint density at radius 1 is 1.45 bits per heavy atom. The number of hydrogen-bond donors (Lipinski definition) is 1. The first-order valence-corrected chi connectivity index (χ1v) is 8.86. The Bertz CT molecular complexity index is 493. The molecule has 7 heteroatoms. The van der Waals surface area contributed by atoms with E-state index in [4.69, 9.17) is 4.74 Å².